The van der Waals surface area contributed by atoms with Crippen LogP contribution >= 0.6 is 34.8 Å². The number of hydrogen-bond acceptors (Lipinski definition) is 3. The van der Waals surface area contributed by atoms with E-state index in [1.54, 1.807) is 18.2 Å². The number of benzene rings is 1. The number of carbonyl (C=O) groups is 1. The van der Waals surface area contributed by atoms with Crippen LogP contribution in [0.25, 0.3) is 0 Å². The number of alkyl halides is 1. The summed E-state index contributed by atoms with van der Waals surface area (Å²) in [4.78, 5) is 11.0. The fourth-order valence-electron chi connectivity index (χ4n) is 1.24. The number of nitrogens with one attached hydrogen (secondary N) is 1. The van der Waals surface area contributed by atoms with E-state index in [0.29, 0.717) is 16.6 Å². The molecule has 94 valence electrons. The molecular weight excluding hydrogens is 284 g/mol. The van der Waals surface area contributed by atoms with Crippen LogP contribution in [0.1, 0.15) is 5.56 Å². The zero-order chi connectivity index (χ0) is 12.8. The van der Waals surface area contributed by atoms with E-state index in [9.17, 15) is 4.79 Å². The molecule has 0 aliphatic rings. The predicted octanol–water partition coefficient (Wildman–Crippen LogP) is 2.86. The van der Waals surface area contributed by atoms with Gasteiger partial charge >= 0.3 is 5.97 Å². The smallest absolute Gasteiger partial charge is 0.325 e. The van der Waals surface area contributed by atoms with Crippen LogP contribution in [0.15, 0.2) is 18.2 Å². The summed E-state index contributed by atoms with van der Waals surface area (Å²) in [7, 11) is 1.29. The van der Waals surface area contributed by atoms with E-state index in [1.165, 1.54) is 7.11 Å². The second-order valence-electron chi connectivity index (χ2n) is 3.32. The van der Waals surface area contributed by atoms with Crippen LogP contribution in [0.5, 0.6) is 0 Å². The highest BCUT2D eigenvalue weighted by Crippen LogP contribution is 2.23. The lowest BCUT2D eigenvalue weighted by Gasteiger charge is -2.10. The lowest BCUT2D eigenvalue weighted by molar-refractivity contribution is -0.140. The van der Waals surface area contributed by atoms with Crippen molar-refractivity contribution in [1.82, 2.24) is 5.32 Å². The molecule has 0 saturated carbocycles. The summed E-state index contributed by atoms with van der Waals surface area (Å²) >= 11 is 17.7. The van der Waals surface area contributed by atoms with Gasteiger partial charge in [-0.25, -0.2) is 0 Å². The number of carbonyl (C=O) groups excluding carboxylic acids is 1. The summed E-state index contributed by atoms with van der Waals surface area (Å²) in [6.07, 6.45) is 0. The van der Waals surface area contributed by atoms with E-state index in [2.05, 4.69) is 10.1 Å². The fraction of sp³-hybridized carbons (Fsp3) is 0.364. The van der Waals surface area contributed by atoms with Gasteiger partial charge in [0, 0.05) is 28.7 Å². The maximum atomic E-state index is 11.0. The van der Waals surface area contributed by atoms with E-state index in [4.69, 9.17) is 34.8 Å². The Kier molecular flexibility index (Phi) is 6.06. The normalized spacial score (nSPS) is 12.2. The Morgan fingerprint density at radius 2 is 2.00 bits per heavy atom. The zero-order valence-corrected chi connectivity index (χ0v) is 11.4. The topological polar surface area (TPSA) is 38.3 Å². The number of esters is 1. The van der Waals surface area contributed by atoms with Crippen molar-refractivity contribution in [2.24, 2.45) is 0 Å². The van der Waals surface area contributed by atoms with Crippen LogP contribution in [0, 0.1) is 0 Å². The van der Waals surface area contributed by atoms with Crippen LogP contribution in [0.2, 0.25) is 10.0 Å². The molecule has 0 aromatic heterocycles. The average molecular weight is 297 g/mol. The van der Waals surface area contributed by atoms with Crippen molar-refractivity contribution in [1.29, 1.82) is 0 Å². The van der Waals surface area contributed by atoms with Gasteiger partial charge in [0.2, 0.25) is 0 Å². The average Bonchev–Trinajstić information content (AvgIpc) is 2.31. The Balaban J connectivity index is 2.49. The van der Waals surface area contributed by atoms with Crippen molar-refractivity contribution in [2.45, 2.75) is 11.9 Å². The minimum atomic E-state index is -0.721. The molecule has 6 heteroatoms. The van der Waals surface area contributed by atoms with Crippen molar-refractivity contribution >= 4 is 40.8 Å². The number of halogens is 3. The SMILES string of the molecule is COC(=O)C(Cl)CNCc1c(Cl)cccc1Cl. The largest absolute Gasteiger partial charge is 0.468 e. The van der Waals surface area contributed by atoms with Gasteiger partial charge in [0.1, 0.15) is 5.38 Å². The van der Waals surface area contributed by atoms with Gasteiger partial charge < -0.3 is 10.1 Å². The highest BCUT2D eigenvalue weighted by Gasteiger charge is 2.15. The molecule has 1 atom stereocenters. The Morgan fingerprint density at radius 1 is 1.41 bits per heavy atom. The molecule has 0 amide bonds. The minimum absolute atomic E-state index is 0.287. The first kappa shape index (κ1) is 14.6. The minimum Gasteiger partial charge on any atom is -0.468 e. The molecule has 0 saturated heterocycles. The Labute approximate surface area is 115 Å². The second kappa shape index (κ2) is 7.07. The zero-order valence-electron chi connectivity index (χ0n) is 9.17. The number of ether oxygens (including phenoxy) is 1. The van der Waals surface area contributed by atoms with E-state index >= 15 is 0 Å². The molecule has 0 spiro atoms. The standard InChI is InChI=1S/C11H12Cl3NO2/c1-17-11(16)10(14)6-15-5-7-8(12)3-2-4-9(7)13/h2-4,10,15H,5-6H2,1H3. The maximum Gasteiger partial charge on any atom is 0.325 e. The van der Waals surface area contributed by atoms with Gasteiger partial charge in [-0.3, -0.25) is 4.79 Å². The van der Waals surface area contributed by atoms with E-state index in [-0.39, 0.29) is 6.54 Å². The predicted molar refractivity (Wildman–Crippen MR) is 69.8 cm³/mol. The molecule has 1 N–H and O–H groups in total. The summed E-state index contributed by atoms with van der Waals surface area (Å²) in [5.41, 5.74) is 0.782. The van der Waals surface area contributed by atoms with E-state index in [1.807, 2.05) is 0 Å². The molecule has 0 aliphatic carbocycles. The Morgan fingerprint density at radius 3 is 2.53 bits per heavy atom. The van der Waals surface area contributed by atoms with Gasteiger partial charge in [0.25, 0.3) is 0 Å². The molecule has 1 aromatic carbocycles. The molecule has 3 nitrogen and oxygen atoms in total. The Hall–Kier alpha value is -0.480. The molecule has 1 rings (SSSR count). The monoisotopic (exact) mass is 295 g/mol. The van der Waals surface area contributed by atoms with Crippen LogP contribution in [0.4, 0.5) is 0 Å². The van der Waals surface area contributed by atoms with Crippen molar-refractivity contribution in [3.05, 3.63) is 33.8 Å². The molecule has 0 aliphatic heterocycles. The number of rotatable bonds is 5. The Bertz CT molecular complexity index is 378. The number of hydrogen-bond donors (Lipinski definition) is 1. The fourth-order valence-corrected chi connectivity index (χ4v) is 1.97. The summed E-state index contributed by atoms with van der Waals surface area (Å²) in [5, 5.41) is 3.43. The van der Waals surface area contributed by atoms with Crippen LogP contribution < -0.4 is 5.32 Å². The third-order valence-electron chi connectivity index (χ3n) is 2.14. The third kappa shape index (κ3) is 4.36. The second-order valence-corrected chi connectivity index (χ2v) is 4.66. The van der Waals surface area contributed by atoms with E-state index in [0.717, 1.165) is 5.56 Å². The lowest BCUT2D eigenvalue weighted by Crippen LogP contribution is -2.29. The van der Waals surface area contributed by atoms with Crippen LogP contribution in [0.3, 0.4) is 0 Å². The highest BCUT2D eigenvalue weighted by atomic mass is 35.5. The molecule has 0 fully saturated rings. The first-order chi connectivity index (χ1) is 8.06. The van der Waals surface area contributed by atoms with Gasteiger partial charge in [-0.1, -0.05) is 29.3 Å². The molecule has 1 aromatic rings. The van der Waals surface area contributed by atoms with Crippen molar-refractivity contribution in [2.75, 3.05) is 13.7 Å². The molecule has 0 heterocycles. The molecule has 0 bridgehead atoms. The van der Waals surface area contributed by atoms with Gasteiger partial charge in [-0.2, -0.15) is 0 Å². The third-order valence-corrected chi connectivity index (χ3v) is 3.18. The van der Waals surface area contributed by atoms with Crippen LogP contribution in [-0.4, -0.2) is 25.0 Å². The first-order valence-electron chi connectivity index (χ1n) is 4.91. The first-order valence-corrected chi connectivity index (χ1v) is 6.11. The van der Waals surface area contributed by atoms with Gasteiger partial charge in [0.05, 0.1) is 7.11 Å². The van der Waals surface area contributed by atoms with E-state index < -0.39 is 11.3 Å². The summed E-state index contributed by atoms with van der Waals surface area (Å²) in [5.74, 6) is -0.468. The van der Waals surface area contributed by atoms with Gasteiger partial charge in [0.15, 0.2) is 0 Å². The molecule has 0 radical (unpaired) electrons. The van der Waals surface area contributed by atoms with Gasteiger partial charge in [-0.15, -0.1) is 11.6 Å². The van der Waals surface area contributed by atoms with Crippen molar-refractivity contribution < 1.29 is 9.53 Å². The summed E-state index contributed by atoms with van der Waals surface area (Å²) in [6.45, 7) is 0.731. The molecule has 17 heavy (non-hydrogen) atoms. The van der Waals surface area contributed by atoms with Gasteiger partial charge in [-0.05, 0) is 12.1 Å². The molecule has 1 unspecified atom stereocenters. The summed E-state index contributed by atoms with van der Waals surface area (Å²) in [6, 6.07) is 5.28. The quantitative estimate of drug-likeness (QED) is 0.671. The van der Waals surface area contributed by atoms with Crippen LogP contribution in [-0.2, 0) is 16.1 Å². The van der Waals surface area contributed by atoms with Crippen molar-refractivity contribution in [3.63, 3.8) is 0 Å². The van der Waals surface area contributed by atoms with Crippen molar-refractivity contribution in [3.8, 4) is 0 Å². The number of methoxy groups -OCH3 is 1. The molecular formula is C11H12Cl3NO2. The lowest BCUT2D eigenvalue weighted by atomic mass is 10.2. The maximum absolute atomic E-state index is 11.0. The summed E-state index contributed by atoms with van der Waals surface area (Å²) < 4.78 is 4.50. The highest BCUT2D eigenvalue weighted by molar-refractivity contribution is 6.36.